The molecule has 0 saturated heterocycles. The van der Waals surface area contributed by atoms with E-state index in [1.54, 1.807) is 4.90 Å². The normalized spacial score (nSPS) is 14.5. The Bertz CT molecular complexity index is 889. The lowest BCUT2D eigenvalue weighted by Crippen LogP contribution is -2.38. The first-order chi connectivity index (χ1) is 11.1. The quantitative estimate of drug-likeness (QED) is 0.724. The van der Waals surface area contributed by atoms with Crippen LogP contribution in [-0.2, 0) is 13.1 Å². The van der Waals surface area contributed by atoms with Gasteiger partial charge in [0.25, 0.3) is 12.3 Å². The molecule has 23 heavy (non-hydrogen) atoms. The van der Waals surface area contributed by atoms with Crippen LogP contribution in [0.25, 0.3) is 10.1 Å². The Labute approximate surface area is 134 Å². The van der Waals surface area contributed by atoms with Crippen molar-refractivity contribution in [1.29, 1.82) is 0 Å². The molecule has 0 N–H and O–H groups in total. The smallest absolute Gasteiger partial charge is 0.297 e. The number of alkyl halides is 2. The van der Waals surface area contributed by atoms with Crippen LogP contribution in [0.2, 0.25) is 0 Å². The minimum Gasteiger partial charge on any atom is -0.329 e. The first kappa shape index (κ1) is 14.3. The molecule has 1 aliphatic heterocycles. The molecule has 1 aromatic carbocycles. The van der Waals surface area contributed by atoms with Crippen molar-refractivity contribution in [2.45, 2.75) is 19.5 Å². The summed E-state index contributed by atoms with van der Waals surface area (Å²) in [6, 6.07) is 7.72. The Morgan fingerprint density at radius 1 is 1.22 bits per heavy atom. The van der Waals surface area contributed by atoms with Crippen LogP contribution in [0, 0.1) is 0 Å². The highest BCUT2D eigenvalue weighted by atomic mass is 32.1. The molecule has 0 aliphatic carbocycles. The maximum Gasteiger partial charge on any atom is 0.297 e. The van der Waals surface area contributed by atoms with Crippen LogP contribution < -0.4 is 0 Å². The fraction of sp³-hybridized carbons (Fsp3) is 0.267. The molecule has 3 aromatic rings. The van der Waals surface area contributed by atoms with Gasteiger partial charge in [-0.2, -0.15) is 0 Å². The molecule has 0 fully saturated rings. The average molecular weight is 334 g/mol. The van der Waals surface area contributed by atoms with E-state index in [-0.39, 0.29) is 24.8 Å². The van der Waals surface area contributed by atoms with Crippen LogP contribution in [0.1, 0.15) is 28.4 Å². The average Bonchev–Trinajstić information content (AvgIpc) is 3.17. The van der Waals surface area contributed by atoms with Gasteiger partial charge in [-0.1, -0.05) is 18.2 Å². The minimum atomic E-state index is -2.65. The monoisotopic (exact) mass is 334 g/mol. The Kier molecular flexibility index (Phi) is 3.33. The zero-order valence-corrected chi connectivity index (χ0v) is 12.8. The minimum absolute atomic E-state index is 0.102. The number of hydrogen-bond donors (Lipinski definition) is 0. The molecular formula is C15H12F2N4OS. The lowest BCUT2D eigenvalue weighted by atomic mass is 10.1. The van der Waals surface area contributed by atoms with Gasteiger partial charge in [0, 0.05) is 28.6 Å². The Morgan fingerprint density at radius 2 is 2.04 bits per heavy atom. The molecule has 5 nitrogen and oxygen atoms in total. The van der Waals surface area contributed by atoms with Crippen LogP contribution in [0.15, 0.2) is 29.6 Å². The predicted molar refractivity (Wildman–Crippen MR) is 81.5 cm³/mol. The highest BCUT2D eigenvalue weighted by Crippen LogP contribution is 2.28. The lowest BCUT2D eigenvalue weighted by molar-refractivity contribution is 0.0701. The second-order valence-corrected chi connectivity index (χ2v) is 6.21. The van der Waals surface area contributed by atoms with Gasteiger partial charge in [0.15, 0.2) is 11.6 Å². The van der Waals surface area contributed by atoms with Crippen LogP contribution in [0.5, 0.6) is 0 Å². The van der Waals surface area contributed by atoms with E-state index in [1.807, 2.05) is 29.6 Å². The number of carbonyl (C=O) groups is 1. The molecule has 8 heteroatoms. The van der Waals surface area contributed by atoms with Gasteiger partial charge in [-0.3, -0.25) is 4.79 Å². The van der Waals surface area contributed by atoms with Crippen molar-refractivity contribution in [2.75, 3.05) is 6.54 Å². The van der Waals surface area contributed by atoms with Crippen LogP contribution in [-0.4, -0.2) is 32.1 Å². The number of hydrogen-bond acceptors (Lipinski definition) is 4. The maximum absolute atomic E-state index is 12.8. The van der Waals surface area contributed by atoms with Crippen LogP contribution >= 0.6 is 11.3 Å². The molecule has 4 rings (SSSR count). The molecule has 0 unspecified atom stereocenters. The molecule has 0 atom stereocenters. The number of aromatic nitrogens is 3. The van der Waals surface area contributed by atoms with E-state index in [1.165, 1.54) is 15.9 Å². The fourth-order valence-electron chi connectivity index (χ4n) is 2.83. The second kappa shape index (κ2) is 5.38. The first-order valence-corrected chi connectivity index (χ1v) is 7.99. The van der Waals surface area contributed by atoms with E-state index in [9.17, 15) is 13.6 Å². The number of rotatable bonds is 2. The molecular weight excluding hydrogens is 322 g/mol. The number of nitrogens with zero attached hydrogens (tertiary/aromatic N) is 4. The summed E-state index contributed by atoms with van der Waals surface area (Å²) in [7, 11) is 0. The molecule has 0 bridgehead atoms. The van der Waals surface area contributed by atoms with Crippen molar-refractivity contribution in [2.24, 2.45) is 0 Å². The SMILES string of the molecule is O=C(c1csc2ccccc12)N1CCn2c(nnc2C(F)F)C1. The predicted octanol–water partition coefficient (Wildman–Crippen LogP) is 3.09. The summed E-state index contributed by atoms with van der Waals surface area (Å²) < 4.78 is 28.1. The van der Waals surface area contributed by atoms with Crippen molar-refractivity contribution < 1.29 is 13.6 Å². The summed E-state index contributed by atoms with van der Waals surface area (Å²) in [6.07, 6.45) is -2.65. The third-order valence-electron chi connectivity index (χ3n) is 3.98. The van der Waals surface area contributed by atoms with Gasteiger partial charge in [-0.15, -0.1) is 21.5 Å². The first-order valence-electron chi connectivity index (χ1n) is 7.11. The summed E-state index contributed by atoms with van der Waals surface area (Å²) in [4.78, 5) is 14.4. The summed E-state index contributed by atoms with van der Waals surface area (Å²) in [5, 5.41) is 10.1. The molecule has 1 amide bonds. The topological polar surface area (TPSA) is 51.0 Å². The molecule has 0 saturated carbocycles. The van der Waals surface area contributed by atoms with Crippen molar-refractivity contribution in [1.82, 2.24) is 19.7 Å². The maximum atomic E-state index is 12.8. The molecule has 0 radical (unpaired) electrons. The van der Waals surface area contributed by atoms with Gasteiger partial charge in [-0.25, -0.2) is 8.78 Å². The van der Waals surface area contributed by atoms with E-state index < -0.39 is 6.43 Å². The van der Waals surface area contributed by atoms with Crippen LogP contribution in [0.4, 0.5) is 8.78 Å². The number of amides is 1. The van der Waals surface area contributed by atoms with Crippen molar-refractivity contribution in [3.8, 4) is 0 Å². The molecule has 2 aromatic heterocycles. The zero-order valence-electron chi connectivity index (χ0n) is 11.9. The van der Waals surface area contributed by atoms with Gasteiger partial charge >= 0.3 is 0 Å². The number of thiophene rings is 1. The third-order valence-corrected chi connectivity index (χ3v) is 4.94. The Hall–Kier alpha value is -2.35. The van der Waals surface area contributed by atoms with E-state index in [2.05, 4.69) is 10.2 Å². The summed E-state index contributed by atoms with van der Waals surface area (Å²) in [5.41, 5.74) is 0.646. The number of halogens is 2. The number of fused-ring (bicyclic) bond motifs is 2. The van der Waals surface area contributed by atoms with E-state index in [0.29, 0.717) is 17.9 Å². The second-order valence-electron chi connectivity index (χ2n) is 5.30. The number of benzene rings is 1. The zero-order chi connectivity index (χ0) is 16.0. The van der Waals surface area contributed by atoms with Gasteiger partial charge in [0.1, 0.15) is 0 Å². The molecule has 1 aliphatic rings. The van der Waals surface area contributed by atoms with Crippen molar-refractivity contribution in [3.05, 3.63) is 46.9 Å². The van der Waals surface area contributed by atoms with Crippen molar-refractivity contribution in [3.63, 3.8) is 0 Å². The highest BCUT2D eigenvalue weighted by Gasteiger charge is 2.28. The lowest BCUT2D eigenvalue weighted by Gasteiger charge is -2.27. The largest absolute Gasteiger partial charge is 0.329 e. The van der Waals surface area contributed by atoms with E-state index in [0.717, 1.165) is 10.1 Å². The summed E-state index contributed by atoms with van der Waals surface area (Å²) in [5.74, 6) is -0.0252. The molecule has 3 heterocycles. The van der Waals surface area contributed by atoms with Gasteiger partial charge in [-0.05, 0) is 6.07 Å². The van der Waals surface area contributed by atoms with Crippen molar-refractivity contribution >= 4 is 27.3 Å². The standard InChI is InChI=1S/C15H12F2N4OS/c16-13(17)14-19-18-12-7-20(5-6-21(12)14)15(22)10-8-23-11-4-2-1-3-9(10)11/h1-4,8,13H,5-7H2. The van der Waals surface area contributed by atoms with E-state index >= 15 is 0 Å². The Balaban J connectivity index is 1.63. The fourth-order valence-corrected chi connectivity index (χ4v) is 3.76. The summed E-state index contributed by atoms with van der Waals surface area (Å²) >= 11 is 1.52. The highest BCUT2D eigenvalue weighted by molar-refractivity contribution is 7.17. The third kappa shape index (κ3) is 2.29. The Morgan fingerprint density at radius 3 is 2.87 bits per heavy atom. The summed E-state index contributed by atoms with van der Waals surface area (Å²) in [6.45, 7) is 0.853. The number of carbonyl (C=O) groups excluding carboxylic acids is 1. The molecule has 118 valence electrons. The van der Waals surface area contributed by atoms with Gasteiger partial charge < -0.3 is 9.47 Å². The van der Waals surface area contributed by atoms with E-state index in [4.69, 9.17) is 0 Å². The van der Waals surface area contributed by atoms with Gasteiger partial charge in [0.2, 0.25) is 0 Å². The van der Waals surface area contributed by atoms with Crippen LogP contribution in [0.3, 0.4) is 0 Å². The van der Waals surface area contributed by atoms with Gasteiger partial charge in [0.05, 0.1) is 12.1 Å². The molecule has 0 spiro atoms.